The van der Waals surface area contributed by atoms with Crippen LogP contribution in [0.25, 0.3) is 0 Å². The van der Waals surface area contributed by atoms with Gasteiger partial charge in [-0.2, -0.15) is 0 Å². The molecule has 0 aliphatic rings. The lowest BCUT2D eigenvalue weighted by Crippen LogP contribution is -2.30. The SMILES string of the molecule is CCCCCCCCCCCCCCCCCCCCCC(=O)OC[C@@H](COC(=O)CCCCCCCCCCC)OC(=O)CCCCCCCCCCCCCCCC. The highest BCUT2D eigenvalue weighted by Gasteiger charge is 2.19. The maximum absolute atomic E-state index is 12.8. The van der Waals surface area contributed by atoms with Crippen LogP contribution in [0.4, 0.5) is 0 Å². The van der Waals surface area contributed by atoms with Gasteiger partial charge in [-0.15, -0.1) is 0 Å². The summed E-state index contributed by atoms with van der Waals surface area (Å²) in [5.74, 6) is -0.842. The minimum atomic E-state index is -0.759. The summed E-state index contributed by atoms with van der Waals surface area (Å²) in [4.78, 5) is 37.9. The number of hydrogen-bond acceptors (Lipinski definition) is 6. The molecule has 0 aliphatic heterocycles. The molecule has 356 valence electrons. The van der Waals surface area contributed by atoms with Crippen molar-refractivity contribution in [3.63, 3.8) is 0 Å². The highest BCUT2D eigenvalue weighted by molar-refractivity contribution is 5.71. The molecule has 0 aromatic rings. The summed E-state index contributed by atoms with van der Waals surface area (Å²) < 4.78 is 16.8. The van der Waals surface area contributed by atoms with Crippen molar-refractivity contribution in [2.45, 2.75) is 316 Å². The zero-order valence-electron chi connectivity index (χ0n) is 40.8. The first kappa shape index (κ1) is 58.4. The first-order chi connectivity index (χ1) is 29.5. The molecule has 0 spiro atoms. The van der Waals surface area contributed by atoms with Crippen LogP contribution in [0.5, 0.6) is 0 Å². The predicted molar refractivity (Wildman–Crippen MR) is 257 cm³/mol. The third kappa shape index (κ3) is 47.5. The van der Waals surface area contributed by atoms with E-state index >= 15 is 0 Å². The third-order valence-corrected chi connectivity index (χ3v) is 12.4. The summed E-state index contributed by atoms with van der Waals surface area (Å²) in [6.45, 7) is 6.67. The van der Waals surface area contributed by atoms with Crippen LogP contribution in [0.1, 0.15) is 310 Å². The average molecular weight is 849 g/mol. The Labute approximate surface area is 374 Å². The molecule has 60 heavy (non-hydrogen) atoms. The third-order valence-electron chi connectivity index (χ3n) is 12.4. The van der Waals surface area contributed by atoms with Gasteiger partial charge in [-0.3, -0.25) is 14.4 Å². The van der Waals surface area contributed by atoms with E-state index < -0.39 is 6.10 Å². The van der Waals surface area contributed by atoms with E-state index in [9.17, 15) is 14.4 Å². The van der Waals surface area contributed by atoms with Gasteiger partial charge in [0.25, 0.3) is 0 Å². The topological polar surface area (TPSA) is 78.9 Å². The van der Waals surface area contributed by atoms with Crippen LogP contribution in [0.2, 0.25) is 0 Å². The van der Waals surface area contributed by atoms with Crippen LogP contribution in [0, 0.1) is 0 Å². The fourth-order valence-corrected chi connectivity index (χ4v) is 8.27. The molecule has 0 amide bonds. The van der Waals surface area contributed by atoms with Crippen molar-refractivity contribution in [3.8, 4) is 0 Å². The second kappa shape index (κ2) is 50.1. The van der Waals surface area contributed by atoms with Crippen LogP contribution in [-0.2, 0) is 28.6 Å². The molecule has 0 fully saturated rings. The smallest absolute Gasteiger partial charge is 0.306 e. The van der Waals surface area contributed by atoms with E-state index in [2.05, 4.69) is 20.8 Å². The number of unbranched alkanes of at least 4 members (excludes halogenated alkanes) is 39. The van der Waals surface area contributed by atoms with Gasteiger partial charge in [0.05, 0.1) is 0 Å². The summed E-state index contributed by atoms with van der Waals surface area (Å²) in [7, 11) is 0. The number of carbonyl (C=O) groups excluding carboxylic acids is 3. The van der Waals surface area contributed by atoms with Gasteiger partial charge in [0.2, 0.25) is 0 Å². The van der Waals surface area contributed by atoms with E-state index in [1.54, 1.807) is 0 Å². The number of carbonyl (C=O) groups is 3. The summed E-state index contributed by atoms with van der Waals surface area (Å²) in [6.07, 6.45) is 53.8. The molecule has 0 aromatic carbocycles. The molecule has 0 unspecified atom stereocenters. The van der Waals surface area contributed by atoms with Crippen LogP contribution in [0.15, 0.2) is 0 Å². The Morgan fingerprint density at radius 3 is 0.667 bits per heavy atom. The molecule has 1 atom stereocenters. The van der Waals surface area contributed by atoms with Crippen LogP contribution in [0.3, 0.4) is 0 Å². The molecule has 0 saturated carbocycles. The molecule has 0 N–H and O–H groups in total. The van der Waals surface area contributed by atoms with E-state index in [1.165, 1.54) is 212 Å². The Morgan fingerprint density at radius 2 is 0.450 bits per heavy atom. The summed E-state index contributed by atoms with van der Waals surface area (Å²) >= 11 is 0. The van der Waals surface area contributed by atoms with Crippen molar-refractivity contribution in [2.24, 2.45) is 0 Å². The van der Waals surface area contributed by atoms with Crippen molar-refractivity contribution < 1.29 is 28.6 Å². The fourth-order valence-electron chi connectivity index (χ4n) is 8.27. The molecule has 0 aliphatic carbocycles. The van der Waals surface area contributed by atoms with Gasteiger partial charge in [-0.25, -0.2) is 0 Å². The van der Waals surface area contributed by atoms with E-state index in [0.717, 1.165) is 57.8 Å². The molecule has 0 radical (unpaired) electrons. The molecule has 0 rings (SSSR count). The normalized spacial score (nSPS) is 11.8. The van der Waals surface area contributed by atoms with E-state index in [0.29, 0.717) is 19.3 Å². The van der Waals surface area contributed by atoms with Crippen LogP contribution >= 0.6 is 0 Å². The Hall–Kier alpha value is -1.59. The van der Waals surface area contributed by atoms with Crippen molar-refractivity contribution in [3.05, 3.63) is 0 Å². The van der Waals surface area contributed by atoms with Crippen LogP contribution in [-0.4, -0.2) is 37.2 Å². The molecular weight excluding hydrogens is 745 g/mol. The number of ether oxygens (including phenoxy) is 3. The first-order valence-corrected chi connectivity index (χ1v) is 27.0. The van der Waals surface area contributed by atoms with Crippen molar-refractivity contribution in [1.29, 1.82) is 0 Å². The monoisotopic (exact) mass is 849 g/mol. The number of esters is 3. The maximum Gasteiger partial charge on any atom is 0.306 e. The summed E-state index contributed by atoms with van der Waals surface area (Å²) in [6, 6.07) is 0. The second-order valence-electron chi connectivity index (χ2n) is 18.5. The van der Waals surface area contributed by atoms with Gasteiger partial charge in [0.1, 0.15) is 13.2 Å². The van der Waals surface area contributed by atoms with Crippen molar-refractivity contribution in [1.82, 2.24) is 0 Å². The quantitative estimate of drug-likeness (QED) is 0.0345. The van der Waals surface area contributed by atoms with Crippen LogP contribution < -0.4 is 0 Å². The summed E-state index contributed by atoms with van der Waals surface area (Å²) in [5, 5.41) is 0. The highest BCUT2D eigenvalue weighted by Crippen LogP contribution is 2.17. The summed E-state index contributed by atoms with van der Waals surface area (Å²) in [5.41, 5.74) is 0. The van der Waals surface area contributed by atoms with Gasteiger partial charge in [-0.1, -0.05) is 271 Å². The zero-order valence-corrected chi connectivity index (χ0v) is 40.8. The maximum atomic E-state index is 12.8. The lowest BCUT2D eigenvalue weighted by molar-refractivity contribution is -0.167. The average Bonchev–Trinajstić information content (AvgIpc) is 3.24. The first-order valence-electron chi connectivity index (χ1n) is 27.0. The molecule has 0 saturated heterocycles. The van der Waals surface area contributed by atoms with Crippen molar-refractivity contribution >= 4 is 17.9 Å². The molecule has 0 aromatic heterocycles. The molecule has 0 bridgehead atoms. The van der Waals surface area contributed by atoms with Crippen molar-refractivity contribution in [2.75, 3.05) is 13.2 Å². The number of hydrogen-bond donors (Lipinski definition) is 0. The minimum absolute atomic E-state index is 0.0618. The Bertz CT molecular complexity index is 889. The Balaban J connectivity index is 4.21. The zero-order chi connectivity index (χ0) is 43.7. The number of rotatable bonds is 50. The van der Waals surface area contributed by atoms with Gasteiger partial charge < -0.3 is 14.2 Å². The Morgan fingerprint density at radius 1 is 0.267 bits per heavy atom. The lowest BCUT2D eigenvalue weighted by Gasteiger charge is -2.18. The highest BCUT2D eigenvalue weighted by atomic mass is 16.6. The van der Waals surface area contributed by atoms with E-state index in [-0.39, 0.29) is 31.1 Å². The van der Waals surface area contributed by atoms with Gasteiger partial charge in [0.15, 0.2) is 6.10 Å². The van der Waals surface area contributed by atoms with Gasteiger partial charge in [0, 0.05) is 19.3 Å². The van der Waals surface area contributed by atoms with E-state index in [1.807, 2.05) is 0 Å². The predicted octanol–water partition coefficient (Wildman–Crippen LogP) is 17.6. The standard InChI is InChI=1S/C54H104O6/c1-4-7-10-13-16-19-21-23-25-26-27-28-29-31-32-35-38-41-44-47-53(56)59-50-51(49-58-52(55)46-43-40-37-34-18-15-12-9-6-3)60-54(57)48-45-42-39-36-33-30-24-22-20-17-14-11-8-5-2/h51H,4-50H2,1-3H3/t51-/m1/s1. The molecule has 6 heteroatoms. The Kier molecular flexibility index (Phi) is 48.7. The molecular formula is C54H104O6. The molecule has 0 heterocycles. The molecule has 6 nitrogen and oxygen atoms in total. The lowest BCUT2D eigenvalue weighted by atomic mass is 10.0. The minimum Gasteiger partial charge on any atom is -0.462 e. The fraction of sp³-hybridized carbons (Fsp3) is 0.944. The second-order valence-corrected chi connectivity index (χ2v) is 18.5. The van der Waals surface area contributed by atoms with E-state index in [4.69, 9.17) is 14.2 Å². The largest absolute Gasteiger partial charge is 0.462 e. The van der Waals surface area contributed by atoms with Gasteiger partial charge >= 0.3 is 17.9 Å². The van der Waals surface area contributed by atoms with Gasteiger partial charge in [-0.05, 0) is 19.3 Å².